The SMILES string of the molecule is Cc1ccc(C(=O)Nc2ccc(C(=O)c3ccccc3)cc2NC(=O)c2ccc(C)c(C)c2)cc1C. The predicted octanol–water partition coefficient (Wildman–Crippen LogP) is 6.66. The Morgan fingerprint density at radius 1 is 0.472 bits per heavy atom. The van der Waals surface area contributed by atoms with E-state index in [0.29, 0.717) is 33.6 Å². The molecule has 4 aromatic carbocycles. The second-order valence-electron chi connectivity index (χ2n) is 8.96. The van der Waals surface area contributed by atoms with Gasteiger partial charge in [0.05, 0.1) is 11.4 Å². The van der Waals surface area contributed by atoms with Crippen LogP contribution in [-0.4, -0.2) is 17.6 Å². The lowest BCUT2D eigenvalue weighted by atomic mass is 10.0. The van der Waals surface area contributed by atoms with Gasteiger partial charge in [0.1, 0.15) is 0 Å². The summed E-state index contributed by atoms with van der Waals surface area (Å²) in [5.41, 5.74) is 6.88. The standard InChI is InChI=1S/C31H28N2O3/c1-19-10-12-25(16-21(19)3)30(35)32-27-15-14-24(29(34)23-8-6-5-7-9-23)18-28(27)33-31(36)26-13-11-20(2)22(4)17-26/h5-18H,1-4H3,(H,32,35)(H,33,36). The number of amides is 2. The second-order valence-corrected chi connectivity index (χ2v) is 8.96. The van der Waals surface area contributed by atoms with E-state index in [0.717, 1.165) is 22.3 Å². The fourth-order valence-electron chi connectivity index (χ4n) is 3.81. The largest absolute Gasteiger partial charge is 0.320 e. The van der Waals surface area contributed by atoms with Gasteiger partial charge in [0, 0.05) is 22.3 Å². The highest BCUT2D eigenvalue weighted by Gasteiger charge is 2.17. The number of hydrogen-bond acceptors (Lipinski definition) is 3. The molecule has 0 bridgehead atoms. The predicted molar refractivity (Wildman–Crippen MR) is 144 cm³/mol. The van der Waals surface area contributed by atoms with E-state index in [2.05, 4.69) is 10.6 Å². The van der Waals surface area contributed by atoms with E-state index in [1.165, 1.54) is 0 Å². The molecular formula is C31H28N2O3. The minimum absolute atomic E-state index is 0.177. The van der Waals surface area contributed by atoms with Gasteiger partial charge in [0.2, 0.25) is 0 Å². The maximum Gasteiger partial charge on any atom is 0.255 e. The van der Waals surface area contributed by atoms with E-state index in [4.69, 9.17) is 0 Å². The minimum Gasteiger partial charge on any atom is -0.320 e. The van der Waals surface area contributed by atoms with Gasteiger partial charge in [0.25, 0.3) is 11.8 Å². The first-order chi connectivity index (χ1) is 17.2. The smallest absolute Gasteiger partial charge is 0.255 e. The number of benzene rings is 4. The zero-order valence-electron chi connectivity index (χ0n) is 20.8. The van der Waals surface area contributed by atoms with Crippen LogP contribution >= 0.6 is 0 Å². The molecule has 0 radical (unpaired) electrons. The van der Waals surface area contributed by atoms with Crippen molar-refractivity contribution in [2.45, 2.75) is 27.7 Å². The maximum atomic E-state index is 13.1. The van der Waals surface area contributed by atoms with Crippen LogP contribution in [-0.2, 0) is 0 Å². The number of carbonyl (C=O) groups is 3. The summed E-state index contributed by atoms with van der Waals surface area (Å²) in [4.78, 5) is 39.2. The first kappa shape index (κ1) is 24.6. The van der Waals surface area contributed by atoms with Gasteiger partial charge < -0.3 is 10.6 Å². The van der Waals surface area contributed by atoms with Crippen molar-refractivity contribution in [2.24, 2.45) is 0 Å². The Morgan fingerprint density at radius 3 is 1.50 bits per heavy atom. The summed E-state index contributed by atoms with van der Waals surface area (Å²) in [6.45, 7) is 7.86. The molecule has 0 spiro atoms. The van der Waals surface area contributed by atoms with Gasteiger partial charge in [-0.25, -0.2) is 0 Å². The van der Waals surface area contributed by atoms with Crippen LogP contribution in [0.1, 0.15) is 58.9 Å². The molecule has 0 aliphatic rings. The van der Waals surface area contributed by atoms with Crippen LogP contribution in [0, 0.1) is 27.7 Å². The van der Waals surface area contributed by atoms with Gasteiger partial charge in [-0.2, -0.15) is 0 Å². The summed E-state index contributed by atoms with van der Waals surface area (Å²) >= 11 is 0. The Balaban J connectivity index is 1.69. The number of aryl methyl sites for hydroxylation is 4. The normalized spacial score (nSPS) is 10.6. The van der Waals surface area contributed by atoms with E-state index in [-0.39, 0.29) is 17.6 Å². The monoisotopic (exact) mass is 476 g/mol. The van der Waals surface area contributed by atoms with Crippen LogP contribution in [0.25, 0.3) is 0 Å². The summed E-state index contributed by atoms with van der Waals surface area (Å²) in [5.74, 6) is -0.810. The van der Waals surface area contributed by atoms with Gasteiger partial charge in [-0.1, -0.05) is 42.5 Å². The molecule has 5 nitrogen and oxygen atoms in total. The zero-order chi connectivity index (χ0) is 25.8. The van der Waals surface area contributed by atoms with Gasteiger partial charge in [0.15, 0.2) is 5.78 Å². The molecule has 0 aliphatic heterocycles. The summed E-state index contributed by atoms with van der Waals surface area (Å²) < 4.78 is 0. The number of anilines is 2. The van der Waals surface area contributed by atoms with Crippen LogP contribution < -0.4 is 10.6 Å². The van der Waals surface area contributed by atoms with Crippen LogP contribution in [0.4, 0.5) is 11.4 Å². The highest BCUT2D eigenvalue weighted by atomic mass is 16.2. The molecule has 0 aromatic heterocycles. The van der Waals surface area contributed by atoms with Crippen molar-refractivity contribution in [1.29, 1.82) is 0 Å². The van der Waals surface area contributed by atoms with Crippen molar-refractivity contribution >= 4 is 29.0 Å². The number of rotatable bonds is 6. The molecular weight excluding hydrogens is 448 g/mol. The highest BCUT2D eigenvalue weighted by molar-refractivity contribution is 6.13. The Hall–Kier alpha value is -4.51. The summed E-state index contributed by atoms with van der Waals surface area (Å²) in [6, 6.07) is 24.8. The molecule has 0 saturated heterocycles. The zero-order valence-corrected chi connectivity index (χ0v) is 20.8. The Bertz CT molecular complexity index is 1470. The third kappa shape index (κ3) is 5.41. The van der Waals surface area contributed by atoms with E-state index in [9.17, 15) is 14.4 Å². The number of hydrogen-bond donors (Lipinski definition) is 2. The van der Waals surface area contributed by atoms with Crippen molar-refractivity contribution in [3.8, 4) is 0 Å². The molecule has 5 heteroatoms. The van der Waals surface area contributed by atoms with Crippen molar-refractivity contribution in [2.75, 3.05) is 10.6 Å². The van der Waals surface area contributed by atoms with Crippen molar-refractivity contribution in [3.63, 3.8) is 0 Å². The molecule has 2 N–H and O–H groups in total. The molecule has 0 unspecified atom stereocenters. The first-order valence-electron chi connectivity index (χ1n) is 11.7. The van der Waals surface area contributed by atoms with Crippen LogP contribution in [0.5, 0.6) is 0 Å². The van der Waals surface area contributed by atoms with Gasteiger partial charge >= 0.3 is 0 Å². The number of ketones is 1. The third-order valence-corrected chi connectivity index (χ3v) is 6.35. The number of carbonyl (C=O) groups excluding carboxylic acids is 3. The van der Waals surface area contributed by atoms with E-state index < -0.39 is 0 Å². The Morgan fingerprint density at radius 2 is 0.972 bits per heavy atom. The fourth-order valence-corrected chi connectivity index (χ4v) is 3.81. The lowest BCUT2D eigenvalue weighted by Crippen LogP contribution is -2.18. The highest BCUT2D eigenvalue weighted by Crippen LogP contribution is 2.27. The molecule has 0 fully saturated rings. The minimum atomic E-state index is -0.330. The van der Waals surface area contributed by atoms with E-state index >= 15 is 0 Å². The van der Waals surface area contributed by atoms with E-state index in [1.54, 1.807) is 54.6 Å². The summed E-state index contributed by atoms with van der Waals surface area (Å²) in [7, 11) is 0. The van der Waals surface area contributed by atoms with Crippen molar-refractivity contribution in [3.05, 3.63) is 129 Å². The molecule has 2 amide bonds. The first-order valence-corrected chi connectivity index (χ1v) is 11.7. The molecule has 4 aromatic rings. The average Bonchev–Trinajstić information content (AvgIpc) is 2.88. The topological polar surface area (TPSA) is 75.3 Å². The second kappa shape index (κ2) is 10.4. The third-order valence-electron chi connectivity index (χ3n) is 6.35. The lowest BCUT2D eigenvalue weighted by Gasteiger charge is -2.15. The van der Waals surface area contributed by atoms with Gasteiger partial charge in [-0.3, -0.25) is 14.4 Å². The van der Waals surface area contributed by atoms with Crippen LogP contribution in [0.2, 0.25) is 0 Å². The summed E-state index contributed by atoms with van der Waals surface area (Å²) in [6.07, 6.45) is 0. The molecule has 180 valence electrons. The molecule has 0 heterocycles. The fraction of sp³-hybridized carbons (Fsp3) is 0.129. The lowest BCUT2D eigenvalue weighted by molar-refractivity contribution is 0.101. The van der Waals surface area contributed by atoms with Gasteiger partial charge in [-0.05, 0) is 92.4 Å². The molecule has 4 rings (SSSR count). The Labute approximate surface area is 211 Å². The summed E-state index contributed by atoms with van der Waals surface area (Å²) in [5, 5.41) is 5.78. The van der Waals surface area contributed by atoms with Crippen LogP contribution in [0.3, 0.4) is 0 Å². The van der Waals surface area contributed by atoms with E-state index in [1.807, 2.05) is 58.0 Å². The molecule has 0 aliphatic carbocycles. The molecule has 0 atom stereocenters. The average molecular weight is 477 g/mol. The quantitative estimate of drug-likeness (QED) is 0.306. The van der Waals surface area contributed by atoms with Crippen molar-refractivity contribution in [1.82, 2.24) is 0 Å². The van der Waals surface area contributed by atoms with Gasteiger partial charge in [-0.15, -0.1) is 0 Å². The van der Waals surface area contributed by atoms with Crippen LogP contribution in [0.15, 0.2) is 84.9 Å². The molecule has 36 heavy (non-hydrogen) atoms. The maximum absolute atomic E-state index is 13.1. The molecule has 0 saturated carbocycles. The number of nitrogens with one attached hydrogen (secondary N) is 2. The van der Waals surface area contributed by atoms with Crippen molar-refractivity contribution < 1.29 is 14.4 Å². The Kier molecular flexibility index (Phi) is 7.11.